The van der Waals surface area contributed by atoms with Gasteiger partial charge in [-0.15, -0.1) is 23.5 Å². The van der Waals surface area contributed by atoms with Crippen LogP contribution < -0.4 is 15.8 Å². The van der Waals surface area contributed by atoms with Crippen LogP contribution in [-0.4, -0.2) is 77.2 Å². The van der Waals surface area contributed by atoms with Gasteiger partial charge in [0.05, 0.1) is 41.6 Å². The maximum Gasteiger partial charge on any atom is 0.513 e. The minimum Gasteiger partial charge on any atom is -0.464 e. The number of nitrogens with one attached hydrogen (secondary N) is 1. The number of amides is 1. The third-order valence-electron chi connectivity index (χ3n) is 7.84. The Morgan fingerprint density at radius 2 is 1.16 bits per heavy atom. The van der Waals surface area contributed by atoms with Gasteiger partial charge >= 0.3 is 36.5 Å². The van der Waals surface area contributed by atoms with Gasteiger partial charge in [0.25, 0.3) is 5.69 Å². The topological polar surface area (TPSA) is 205 Å². The van der Waals surface area contributed by atoms with Crippen molar-refractivity contribution >= 4 is 64.8 Å². The molecule has 3 aromatic carbocycles. The molecule has 0 aliphatic rings. The monoisotopic (exact) mass is 943 g/mol. The van der Waals surface area contributed by atoms with Gasteiger partial charge in [-0.2, -0.15) is 26.3 Å². The molecule has 0 radical (unpaired) electrons. The molecule has 0 saturated heterocycles. The van der Waals surface area contributed by atoms with Gasteiger partial charge in [0.15, 0.2) is 0 Å². The van der Waals surface area contributed by atoms with Gasteiger partial charge in [-0.1, -0.05) is 0 Å². The summed E-state index contributed by atoms with van der Waals surface area (Å²) in [5, 5.41) is 13.0. The molecule has 16 nitrogen and oxygen atoms in total. The molecule has 2 heterocycles. The predicted molar refractivity (Wildman–Crippen MR) is 222 cm³/mol. The summed E-state index contributed by atoms with van der Waals surface area (Å²) in [5.74, 6) is -0.117. The number of carbonyl (C=O) groups excluding carboxylic acids is 4. The normalized spacial score (nSPS) is 10.8. The number of hydrogen-bond acceptors (Lipinski definition) is 14. The van der Waals surface area contributed by atoms with Crippen LogP contribution in [0.4, 0.5) is 53.0 Å². The van der Waals surface area contributed by atoms with E-state index in [0.717, 1.165) is 24.3 Å². The number of nitrogens with zero attached hydrogens (tertiary/aromatic N) is 3. The Morgan fingerprint density at radius 1 is 0.703 bits per heavy atom. The molecule has 64 heavy (non-hydrogen) atoms. The summed E-state index contributed by atoms with van der Waals surface area (Å²) in [6.45, 7) is 0.0473. The van der Waals surface area contributed by atoms with Crippen molar-refractivity contribution in [1.82, 2.24) is 9.13 Å². The molecule has 0 aliphatic heterocycles. The summed E-state index contributed by atoms with van der Waals surface area (Å²) in [4.78, 5) is 56.8. The van der Waals surface area contributed by atoms with E-state index >= 15 is 0 Å². The summed E-state index contributed by atoms with van der Waals surface area (Å²) in [7, 11) is 5.96. The highest BCUT2D eigenvalue weighted by Gasteiger charge is 2.30. The second-order valence-electron chi connectivity index (χ2n) is 12.4. The number of aromatic nitrogens is 2. The molecule has 2 aromatic heterocycles. The van der Waals surface area contributed by atoms with Crippen molar-refractivity contribution in [1.29, 1.82) is 0 Å². The summed E-state index contributed by atoms with van der Waals surface area (Å²) in [5.41, 5.74) is 5.53. The second-order valence-corrected chi connectivity index (χ2v) is 14.8. The van der Waals surface area contributed by atoms with Crippen LogP contribution in [0.3, 0.4) is 0 Å². The smallest absolute Gasteiger partial charge is 0.464 e. The third-order valence-corrected chi connectivity index (χ3v) is 9.79. The van der Waals surface area contributed by atoms with E-state index in [1.165, 1.54) is 103 Å². The molecule has 0 aliphatic carbocycles. The second kappa shape index (κ2) is 24.1. The number of anilines is 2. The Hall–Kier alpha value is -6.82. The first-order valence-corrected chi connectivity index (χ1v) is 20.0. The average Bonchev–Trinajstić information content (AvgIpc) is 3.79. The Bertz CT molecular complexity index is 2340. The molecule has 0 bridgehead atoms. The highest BCUT2D eigenvalue weighted by atomic mass is 32.2. The Morgan fingerprint density at radius 3 is 1.58 bits per heavy atom. The fourth-order valence-corrected chi connectivity index (χ4v) is 6.27. The van der Waals surface area contributed by atoms with Crippen LogP contribution in [0.15, 0.2) is 107 Å². The molecule has 0 spiro atoms. The summed E-state index contributed by atoms with van der Waals surface area (Å²) in [6, 6.07) is 17.3. The van der Waals surface area contributed by atoms with Gasteiger partial charge in [0.1, 0.15) is 30.4 Å². The molecule has 3 N–H and O–H groups in total. The first-order chi connectivity index (χ1) is 30.1. The number of carbonyl (C=O) groups is 4. The lowest BCUT2D eigenvalue weighted by Gasteiger charge is -2.08. The maximum absolute atomic E-state index is 12.5. The zero-order valence-corrected chi connectivity index (χ0v) is 35.7. The van der Waals surface area contributed by atoms with Crippen molar-refractivity contribution in [2.45, 2.75) is 22.1 Å². The predicted octanol–water partition coefficient (Wildman–Crippen LogP) is 9.49. The number of hydrogen-bond donors (Lipinski definition) is 2. The number of nitrogens with two attached hydrogens (primary N) is 1. The van der Waals surface area contributed by atoms with Gasteiger partial charge in [0.2, 0.25) is 0 Å². The van der Waals surface area contributed by atoms with Crippen molar-refractivity contribution in [3.05, 3.63) is 130 Å². The summed E-state index contributed by atoms with van der Waals surface area (Å²) >= 11 is 2.48. The van der Waals surface area contributed by atoms with Gasteiger partial charge in [-0.25, -0.2) is 19.2 Å². The first kappa shape index (κ1) is 51.5. The van der Waals surface area contributed by atoms with Crippen molar-refractivity contribution in [2.24, 2.45) is 14.1 Å². The third kappa shape index (κ3) is 17.2. The van der Waals surface area contributed by atoms with E-state index in [-0.39, 0.29) is 36.3 Å². The van der Waals surface area contributed by atoms with E-state index < -0.39 is 46.6 Å². The number of nitro benzene ring substituents is 1. The number of thioether (sulfide) groups is 2. The average molecular weight is 944 g/mol. The SMILES string of the molecule is COC(=O)c1cc(N)cn1C.COC(=O)c1cc(NC(=O)OCCSc2ccc(C(F)(F)F)cc2)cn1C.O=C(OCCSc1ccc(C(F)(F)F)cc1)Oc1ccc([N+](=O)[O-])cc1. The number of esters is 2. The lowest BCUT2D eigenvalue weighted by atomic mass is 10.2. The Kier molecular flexibility index (Phi) is 19.4. The van der Waals surface area contributed by atoms with Crippen LogP contribution in [-0.2, 0) is 45.4 Å². The van der Waals surface area contributed by atoms with E-state index in [1.54, 1.807) is 30.9 Å². The van der Waals surface area contributed by atoms with Gasteiger partial charge in [-0.05, 0) is 72.8 Å². The van der Waals surface area contributed by atoms with Crippen LogP contribution in [0.2, 0.25) is 0 Å². The highest BCUT2D eigenvalue weighted by Crippen LogP contribution is 2.32. The number of rotatable bonds is 13. The minimum atomic E-state index is -4.38. The highest BCUT2D eigenvalue weighted by molar-refractivity contribution is 7.99. The maximum atomic E-state index is 12.5. The van der Waals surface area contributed by atoms with E-state index in [4.69, 9.17) is 19.9 Å². The van der Waals surface area contributed by atoms with E-state index in [1.807, 2.05) is 0 Å². The van der Waals surface area contributed by atoms with Gasteiger partial charge in [0, 0.05) is 59.9 Å². The molecule has 24 heteroatoms. The number of ether oxygens (including phenoxy) is 5. The number of nitrogen functional groups attached to an aromatic ring is 1. The fraction of sp³-hybridized carbons (Fsp3) is 0.250. The van der Waals surface area contributed by atoms with Crippen LogP contribution in [0.5, 0.6) is 5.75 Å². The van der Waals surface area contributed by atoms with E-state index in [9.17, 15) is 55.6 Å². The molecule has 1 amide bonds. The van der Waals surface area contributed by atoms with E-state index in [2.05, 4.69) is 14.8 Å². The standard InChI is InChI=1S/C17H17F3N2O4S.C16H12F3NO5S.C7H10N2O2/c1-22-10-12(9-14(22)15(23)25-2)21-16(24)26-7-8-27-13-5-3-11(4-6-13)17(18,19)20;17-16(18,19)11-1-7-14(8-2-11)26-10-9-24-15(21)25-13-5-3-12(4-6-13)20(22)23;1-9-4-5(8)3-6(9)7(10)11-2/h3-6,9-10H,7-8H2,1-2H3,(H,21,24);1-8H,9-10H2;3-4H,8H2,1-2H3. The number of nitro groups is 1. The molecule has 0 saturated carbocycles. The first-order valence-electron chi connectivity index (χ1n) is 18.0. The fourth-order valence-electron chi connectivity index (χ4n) is 4.81. The molecule has 0 atom stereocenters. The number of benzene rings is 3. The lowest BCUT2D eigenvalue weighted by molar-refractivity contribution is -0.384. The molecule has 0 unspecified atom stereocenters. The van der Waals surface area contributed by atoms with Crippen molar-refractivity contribution in [3.63, 3.8) is 0 Å². The van der Waals surface area contributed by atoms with Crippen LogP contribution in [0, 0.1) is 10.1 Å². The van der Waals surface area contributed by atoms with Crippen molar-refractivity contribution in [2.75, 3.05) is 50.0 Å². The van der Waals surface area contributed by atoms with Crippen LogP contribution in [0.1, 0.15) is 32.1 Å². The number of halogens is 6. The zero-order chi connectivity index (χ0) is 47.6. The number of non-ortho nitro benzene ring substituents is 1. The summed E-state index contributed by atoms with van der Waals surface area (Å²) < 4.78 is 102. The largest absolute Gasteiger partial charge is 0.513 e. The van der Waals surface area contributed by atoms with Crippen LogP contribution >= 0.6 is 23.5 Å². The zero-order valence-electron chi connectivity index (χ0n) is 34.1. The number of methoxy groups -OCH3 is 2. The number of alkyl halides is 6. The summed E-state index contributed by atoms with van der Waals surface area (Å²) in [6.07, 6.45) is -7.24. The number of aryl methyl sites for hydroxylation is 2. The van der Waals surface area contributed by atoms with Crippen molar-refractivity contribution < 1.29 is 74.1 Å². The molecule has 0 fully saturated rings. The van der Waals surface area contributed by atoms with E-state index in [0.29, 0.717) is 38.4 Å². The minimum absolute atomic E-state index is 0.0164. The molecule has 5 aromatic rings. The van der Waals surface area contributed by atoms with Crippen molar-refractivity contribution in [3.8, 4) is 5.75 Å². The molecular formula is C40H39F6N5O11S2. The van der Waals surface area contributed by atoms with Crippen LogP contribution in [0.25, 0.3) is 0 Å². The molecular weight excluding hydrogens is 905 g/mol. The lowest BCUT2D eigenvalue weighted by Crippen LogP contribution is -2.14. The van der Waals surface area contributed by atoms with Gasteiger partial charge < -0.3 is 38.6 Å². The molecule has 344 valence electrons. The molecule has 5 rings (SSSR count). The Labute approximate surface area is 369 Å². The van der Waals surface area contributed by atoms with Gasteiger partial charge in [-0.3, -0.25) is 15.4 Å². The Balaban J connectivity index is 0.000000276. The quantitative estimate of drug-likeness (QED) is 0.0165.